The first-order valence-electron chi connectivity index (χ1n) is 7.87. The molecular formula is C19H17NO6S. The summed E-state index contributed by atoms with van der Waals surface area (Å²) in [5, 5.41) is 15.8. The molecule has 4 aromatic rings. The maximum Gasteiger partial charge on any atom is 1.00 e. The quantitative estimate of drug-likeness (QED) is 0.232. The Kier molecular flexibility index (Phi) is 4.88. The van der Waals surface area contributed by atoms with Gasteiger partial charge in [-0.3, -0.25) is 8.42 Å². The van der Waals surface area contributed by atoms with Gasteiger partial charge in [-0.25, -0.2) is 0 Å². The lowest BCUT2D eigenvalue weighted by atomic mass is 10.0. The van der Waals surface area contributed by atoms with E-state index in [9.17, 15) is 5.11 Å². The number of pyridine rings is 1. The SMILES string of the molecule is COc1ccc2c(c[n+](C)c3c4ccccc4ccc23)c1O.O=S(=O)([O-])[O-].[H+]. The van der Waals surface area contributed by atoms with Crippen LogP contribution in [0.5, 0.6) is 11.5 Å². The second-order valence-electron chi connectivity index (χ2n) is 5.91. The third-order valence-electron chi connectivity index (χ3n) is 4.27. The third-order valence-corrected chi connectivity index (χ3v) is 4.27. The molecule has 140 valence electrons. The van der Waals surface area contributed by atoms with Crippen LogP contribution < -0.4 is 9.30 Å². The first-order valence-corrected chi connectivity index (χ1v) is 9.20. The number of aromatic hydroxyl groups is 1. The van der Waals surface area contributed by atoms with Crippen LogP contribution >= 0.6 is 0 Å². The van der Waals surface area contributed by atoms with E-state index in [-0.39, 0.29) is 7.18 Å². The van der Waals surface area contributed by atoms with Gasteiger partial charge in [0.05, 0.1) is 23.3 Å². The average molecular weight is 387 g/mol. The largest absolute Gasteiger partial charge is 1.00 e. The molecule has 0 radical (unpaired) electrons. The van der Waals surface area contributed by atoms with E-state index in [4.69, 9.17) is 22.3 Å². The van der Waals surface area contributed by atoms with Crippen molar-refractivity contribution >= 4 is 42.8 Å². The van der Waals surface area contributed by atoms with Gasteiger partial charge in [-0.05, 0) is 29.7 Å². The molecular weight excluding hydrogens is 370 g/mol. The number of fused-ring (bicyclic) bond motifs is 5. The molecule has 0 atom stereocenters. The molecule has 0 aliphatic carbocycles. The molecule has 0 fully saturated rings. The standard InChI is InChI=1S/C19H15NO2.H2O4S/c1-20-11-16-14(9-10-17(22-2)19(16)21)15-8-7-12-5-3-4-6-13(12)18(15)20;1-5(2,3)4/h3-11H,1-2H3;(H2,1,2,3,4). The van der Waals surface area contributed by atoms with Gasteiger partial charge in [-0.15, -0.1) is 0 Å². The fraction of sp³-hybridized carbons (Fsp3) is 0.105. The van der Waals surface area contributed by atoms with E-state index in [2.05, 4.69) is 34.9 Å². The minimum Gasteiger partial charge on any atom is -0.759 e. The summed E-state index contributed by atoms with van der Waals surface area (Å²) in [7, 11) is -1.59. The summed E-state index contributed by atoms with van der Waals surface area (Å²) in [5.74, 6) is 0.679. The first kappa shape index (κ1) is 18.8. The number of phenolic OH excluding ortho intramolecular Hbond substituents is 1. The molecule has 0 amide bonds. The van der Waals surface area contributed by atoms with Crippen molar-refractivity contribution in [3.8, 4) is 11.5 Å². The van der Waals surface area contributed by atoms with Crippen molar-refractivity contribution in [2.24, 2.45) is 7.05 Å². The van der Waals surface area contributed by atoms with Crippen molar-refractivity contribution in [3.63, 3.8) is 0 Å². The van der Waals surface area contributed by atoms with Gasteiger partial charge >= 0.3 is 1.43 Å². The van der Waals surface area contributed by atoms with Crippen LogP contribution in [-0.4, -0.2) is 29.7 Å². The van der Waals surface area contributed by atoms with Crippen LogP contribution in [0.4, 0.5) is 0 Å². The molecule has 0 saturated heterocycles. The molecule has 0 bridgehead atoms. The number of benzene rings is 3. The van der Waals surface area contributed by atoms with E-state index in [1.54, 1.807) is 7.11 Å². The van der Waals surface area contributed by atoms with E-state index in [0.717, 1.165) is 21.7 Å². The molecule has 0 saturated carbocycles. The average Bonchev–Trinajstić information content (AvgIpc) is 2.61. The van der Waals surface area contributed by atoms with Gasteiger partial charge in [0.25, 0.3) is 0 Å². The van der Waals surface area contributed by atoms with Crippen LogP contribution in [0.15, 0.2) is 54.7 Å². The lowest BCUT2D eigenvalue weighted by Gasteiger charge is -2.09. The minimum atomic E-state index is -5.17. The van der Waals surface area contributed by atoms with Crippen LogP contribution in [0.2, 0.25) is 0 Å². The number of phenols is 1. The molecule has 1 aromatic heterocycles. The molecule has 0 aliphatic heterocycles. The summed E-state index contributed by atoms with van der Waals surface area (Å²) in [6, 6.07) is 16.4. The molecule has 4 rings (SSSR count). The van der Waals surface area contributed by atoms with Gasteiger partial charge in [0, 0.05) is 15.8 Å². The minimum absolute atomic E-state index is 0. The Balaban J connectivity index is 0.000000420. The number of methoxy groups -OCH3 is 1. The fourth-order valence-electron chi connectivity index (χ4n) is 3.23. The summed E-state index contributed by atoms with van der Waals surface area (Å²) in [6.45, 7) is 0. The highest BCUT2D eigenvalue weighted by Gasteiger charge is 2.17. The zero-order chi connectivity index (χ0) is 19.8. The zero-order valence-electron chi connectivity index (χ0n) is 15.5. The Labute approximate surface area is 157 Å². The maximum atomic E-state index is 10.4. The number of hydrogen-bond acceptors (Lipinski definition) is 6. The summed E-state index contributed by atoms with van der Waals surface area (Å²) < 4.78 is 41.4. The van der Waals surface area contributed by atoms with Crippen molar-refractivity contribution in [1.29, 1.82) is 0 Å². The van der Waals surface area contributed by atoms with Gasteiger partial charge in [0.1, 0.15) is 7.05 Å². The number of aryl methyl sites for hydroxylation is 1. The lowest BCUT2D eigenvalue weighted by Crippen LogP contribution is -2.28. The van der Waals surface area contributed by atoms with Crippen LogP contribution in [0, 0.1) is 0 Å². The van der Waals surface area contributed by atoms with Crippen molar-refractivity contribution in [2.45, 2.75) is 0 Å². The van der Waals surface area contributed by atoms with E-state index in [0.29, 0.717) is 5.75 Å². The van der Waals surface area contributed by atoms with Crippen LogP contribution in [0.1, 0.15) is 1.43 Å². The molecule has 0 spiro atoms. The number of hydrogen-bond donors (Lipinski definition) is 1. The smallest absolute Gasteiger partial charge is 0.759 e. The van der Waals surface area contributed by atoms with Crippen molar-refractivity contribution in [3.05, 3.63) is 54.7 Å². The molecule has 8 heteroatoms. The predicted molar refractivity (Wildman–Crippen MR) is 99.9 cm³/mol. The van der Waals surface area contributed by atoms with E-state index in [1.807, 2.05) is 31.4 Å². The molecule has 27 heavy (non-hydrogen) atoms. The van der Waals surface area contributed by atoms with E-state index in [1.165, 1.54) is 10.8 Å². The number of nitrogens with zero attached hydrogens (tertiary/aromatic N) is 1. The van der Waals surface area contributed by atoms with Gasteiger partial charge in [0.15, 0.2) is 17.7 Å². The Morgan fingerprint density at radius 2 is 1.59 bits per heavy atom. The molecule has 0 unspecified atom stereocenters. The number of ether oxygens (including phenoxy) is 1. The Morgan fingerprint density at radius 1 is 0.963 bits per heavy atom. The monoisotopic (exact) mass is 387 g/mol. The van der Waals surface area contributed by atoms with E-state index >= 15 is 0 Å². The topological polar surface area (TPSA) is 114 Å². The highest BCUT2D eigenvalue weighted by atomic mass is 32.3. The molecule has 7 nitrogen and oxygen atoms in total. The van der Waals surface area contributed by atoms with Crippen molar-refractivity contribution < 1.29 is 33.4 Å². The normalized spacial score (nSPS) is 11.4. The van der Waals surface area contributed by atoms with Crippen LogP contribution in [-0.2, 0) is 17.4 Å². The lowest BCUT2D eigenvalue weighted by molar-refractivity contribution is -0.642. The van der Waals surface area contributed by atoms with Gasteiger partial charge < -0.3 is 18.9 Å². The summed E-state index contributed by atoms with van der Waals surface area (Å²) in [4.78, 5) is 0. The molecule has 1 heterocycles. The Hall–Kier alpha value is -2.94. The second-order valence-corrected chi connectivity index (χ2v) is 6.73. The zero-order valence-corrected chi connectivity index (χ0v) is 15.4. The summed E-state index contributed by atoms with van der Waals surface area (Å²) in [6.07, 6.45) is 1.96. The van der Waals surface area contributed by atoms with Crippen LogP contribution in [0.3, 0.4) is 0 Å². The van der Waals surface area contributed by atoms with Crippen molar-refractivity contribution in [2.75, 3.05) is 7.11 Å². The summed E-state index contributed by atoms with van der Waals surface area (Å²) in [5.41, 5.74) is 1.16. The maximum absolute atomic E-state index is 10.4. The highest BCUT2D eigenvalue weighted by Crippen LogP contribution is 2.37. The molecule has 0 aliphatic rings. The van der Waals surface area contributed by atoms with Crippen LogP contribution in [0.25, 0.3) is 32.4 Å². The van der Waals surface area contributed by atoms with Crippen molar-refractivity contribution in [1.82, 2.24) is 0 Å². The van der Waals surface area contributed by atoms with Gasteiger partial charge in [-0.2, -0.15) is 4.57 Å². The summed E-state index contributed by atoms with van der Waals surface area (Å²) >= 11 is 0. The Morgan fingerprint density at radius 3 is 2.26 bits per heavy atom. The fourth-order valence-corrected chi connectivity index (χ4v) is 3.23. The molecule has 1 N–H and O–H groups in total. The predicted octanol–water partition coefficient (Wildman–Crippen LogP) is 2.46. The number of aromatic nitrogens is 1. The van der Waals surface area contributed by atoms with E-state index < -0.39 is 10.4 Å². The second kappa shape index (κ2) is 6.99. The van der Waals surface area contributed by atoms with Gasteiger partial charge in [0.2, 0.25) is 5.52 Å². The third kappa shape index (κ3) is 3.77. The van der Waals surface area contributed by atoms with Gasteiger partial charge in [-0.1, -0.05) is 24.3 Å². The first-order chi connectivity index (χ1) is 12.7. The Bertz CT molecular complexity index is 1270. The number of rotatable bonds is 1. The molecule has 3 aromatic carbocycles. The highest BCUT2D eigenvalue weighted by molar-refractivity contribution is 7.79.